The van der Waals surface area contributed by atoms with E-state index in [9.17, 15) is 18.0 Å². The Morgan fingerprint density at radius 3 is 2.17 bits per heavy atom. The van der Waals surface area contributed by atoms with Crippen LogP contribution in [0.15, 0.2) is 114 Å². The molecule has 8 nitrogen and oxygen atoms in total. The fourth-order valence-electron chi connectivity index (χ4n) is 6.08. The lowest BCUT2D eigenvalue weighted by Gasteiger charge is -2.35. The van der Waals surface area contributed by atoms with Crippen molar-refractivity contribution in [1.29, 1.82) is 0 Å². The average molecular weight is 672 g/mol. The van der Waals surface area contributed by atoms with E-state index in [-0.39, 0.29) is 53.4 Å². The largest absolute Gasteiger partial charge is 0.492 e. The average Bonchev–Trinajstić information content (AvgIpc) is 3.11. The Labute approximate surface area is 282 Å². The molecule has 1 aliphatic rings. The van der Waals surface area contributed by atoms with Crippen LogP contribution < -0.4 is 14.4 Å². The number of hydrogen-bond acceptors (Lipinski definition) is 5. The van der Waals surface area contributed by atoms with Gasteiger partial charge in [0.05, 0.1) is 17.2 Å². The molecule has 4 aromatic carbocycles. The van der Waals surface area contributed by atoms with Gasteiger partial charge < -0.3 is 15.0 Å². The standard InChI is InChI=1S/C38H42FN3O5S/c1-2-47-36-25-15-14-24-34(36)42(48(45,46)32-21-10-5-11-22-32)28-37(43)41(27-30-18-12-13-23-33(30)39)35(26-29-16-6-3-7-17-29)38(44)40-31-19-8-4-9-20-31/h3,5-7,10-18,21-25,31,35H,2,4,8-9,19-20,26-28H2,1H3,(H,40,44)/t35-/m0/s1. The number of amides is 2. The molecule has 0 unspecified atom stereocenters. The third kappa shape index (κ3) is 8.60. The molecule has 1 fully saturated rings. The summed E-state index contributed by atoms with van der Waals surface area (Å²) >= 11 is 0. The van der Waals surface area contributed by atoms with Gasteiger partial charge in [-0.15, -0.1) is 0 Å². The summed E-state index contributed by atoms with van der Waals surface area (Å²) in [5, 5.41) is 3.16. The lowest BCUT2D eigenvalue weighted by molar-refractivity contribution is -0.140. The first-order valence-corrected chi connectivity index (χ1v) is 17.9. The first kappa shape index (κ1) is 34.6. The van der Waals surface area contributed by atoms with Crippen molar-refractivity contribution in [3.63, 3.8) is 0 Å². The van der Waals surface area contributed by atoms with E-state index in [1.165, 1.54) is 23.1 Å². The molecule has 1 atom stereocenters. The number of ether oxygens (including phenoxy) is 1. The molecule has 1 N–H and O–H groups in total. The molecule has 4 aromatic rings. The zero-order valence-electron chi connectivity index (χ0n) is 27.1. The van der Waals surface area contributed by atoms with Crippen LogP contribution in [-0.4, -0.2) is 50.4 Å². The summed E-state index contributed by atoms with van der Waals surface area (Å²) in [5.41, 5.74) is 1.19. The predicted octanol–water partition coefficient (Wildman–Crippen LogP) is 6.51. The molecule has 252 valence electrons. The topological polar surface area (TPSA) is 96.0 Å². The summed E-state index contributed by atoms with van der Waals surface area (Å²) in [4.78, 5) is 30.2. The summed E-state index contributed by atoms with van der Waals surface area (Å²) < 4.78 is 50.6. The van der Waals surface area contributed by atoms with E-state index in [1.54, 1.807) is 67.6 Å². The molecule has 0 aromatic heterocycles. The van der Waals surface area contributed by atoms with E-state index >= 15 is 4.39 Å². The lowest BCUT2D eigenvalue weighted by Crippen LogP contribution is -2.55. The SMILES string of the molecule is CCOc1ccccc1N(CC(=O)N(Cc1ccccc1F)[C@@H](Cc1ccccc1)C(=O)NC1CCCCC1)S(=O)(=O)c1ccccc1. The number of para-hydroxylation sites is 2. The number of sulfonamides is 1. The molecule has 1 aliphatic carbocycles. The number of rotatable bonds is 14. The van der Waals surface area contributed by atoms with Crippen LogP contribution >= 0.6 is 0 Å². The molecule has 0 aliphatic heterocycles. The van der Waals surface area contributed by atoms with Crippen molar-refractivity contribution >= 4 is 27.5 Å². The van der Waals surface area contributed by atoms with Gasteiger partial charge in [-0.25, -0.2) is 12.8 Å². The quantitative estimate of drug-likeness (QED) is 0.165. The molecule has 0 saturated heterocycles. The molecule has 48 heavy (non-hydrogen) atoms. The van der Waals surface area contributed by atoms with Crippen LogP contribution in [0.25, 0.3) is 0 Å². The second kappa shape index (κ2) is 16.4. The van der Waals surface area contributed by atoms with Crippen molar-refractivity contribution in [1.82, 2.24) is 10.2 Å². The van der Waals surface area contributed by atoms with Gasteiger partial charge >= 0.3 is 0 Å². The van der Waals surface area contributed by atoms with Crippen LogP contribution in [0.3, 0.4) is 0 Å². The monoisotopic (exact) mass is 671 g/mol. The zero-order valence-corrected chi connectivity index (χ0v) is 27.9. The van der Waals surface area contributed by atoms with Crippen molar-refractivity contribution in [3.05, 3.63) is 126 Å². The third-order valence-corrected chi connectivity index (χ3v) is 10.3. The Hall–Kier alpha value is -4.70. The molecule has 5 rings (SSSR count). The second-order valence-corrected chi connectivity index (χ2v) is 13.7. The summed E-state index contributed by atoms with van der Waals surface area (Å²) in [7, 11) is -4.30. The molecule has 10 heteroatoms. The second-order valence-electron chi connectivity index (χ2n) is 11.9. The number of halogens is 1. The molecular weight excluding hydrogens is 629 g/mol. The minimum Gasteiger partial charge on any atom is -0.492 e. The zero-order chi connectivity index (χ0) is 33.9. The van der Waals surface area contributed by atoms with Crippen LogP contribution in [0, 0.1) is 5.82 Å². The minimum atomic E-state index is -4.30. The molecule has 0 heterocycles. The van der Waals surface area contributed by atoms with Gasteiger partial charge in [-0.2, -0.15) is 0 Å². The van der Waals surface area contributed by atoms with E-state index in [0.717, 1.165) is 42.0 Å². The smallest absolute Gasteiger partial charge is 0.264 e. The van der Waals surface area contributed by atoms with E-state index in [1.807, 2.05) is 30.3 Å². The highest BCUT2D eigenvalue weighted by Crippen LogP contribution is 2.33. The van der Waals surface area contributed by atoms with E-state index in [2.05, 4.69) is 5.32 Å². The van der Waals surface area contributed by atoms with E-state index < -0.39 is 34.3 Å². The molecule has 0 spiro atoms. The number of nitrogens with one attached hydrogen (secondary N) is 1. The van der Waals surface area contributed by atoms with E-state index in [0.29, 0.717) is 0 Å². The van der Waals surface area contributed by atoms with E-state index in [4.69, 9.17) is 4.74 Å². The molecule has 2 amide bonds. The maximum absolute atomic E-state index is 15.2. The van der Waals surface area contributed by atoms with Crippen molar-refractivity contribution in [2.45, 2.75) is 69.0 Å². The fourth-order valence-corrected chi connectivity index (χ4v) is 7.53. The minimum absolute atomic E-state index is 0.0133. The van der Waals surface area contributed by atoms with Gasteiger partial charge in [-0.05, 0) is 55.7 Å². The summed E-state index contributed by atoms with van der Waals surface area (Å²) in [6.45, 7) is 1.16. The first-order chi connectivity index (χ1) is 23.3. The fraction of sp³-hybridized carbons (Fsp3) is 0.316. The predicted molar refractivity (Wildman–Crippen MR) is 184 cm³/mol. The molecule has 0 radical (unpaired) electrons. The van der Waals surface area contributed by atoms with Crippen molar-refractivity contribution in [2.24, 2.45) is 0 Å². The normalized spacial score (nSPS) is 14.1. The first-order valence-electron chi connectivity index (χ1n) is 16.4. The third-order valence-electron chi connectivity index (χ3n) is 8.57. The maximum Gasteiger partial charge on any atom is 0.264 e. The number of anilines is 1. The highest BCUT2D eigenvalue weighted by atomic mass is 32.2. The van der Waals surface area contributed by atoms with Gasteiger partial charge in [0, 0.05) is 24.6 Å². The van der Waals surface area contributed by atoms with Gasteiger partial charge in [-0.1, -0.05) is 98.1 Å². The van der Waals surface area contributed by atoms with Gasteiger partial charge in [0.1, 0.15) is 24.2 Å². The van der Waals surface area contributed by atoms with Gasteiger partial charge in [0.2, 0.25) is 11.8 Å². The Balaban J connectivity index is 1.59. The van der Waals surface area contributed by atoms with Crippen molar-refractivity contribution < 1.29 is 27.1 Å². The van der Waals surface area contributed by atoms with Crippen LogP contribution in [0.2, 0.25) is 0 Å². The van der Waals surface area contributed by atoms with Crippen molar-refractivity contribution in [2.75, 3.05) is 17.5 Å². The lowest BCUT2D eigenvalue weighted by atomic mass is 9.94. The highest BCUT2D eigenvalue weighted by molar-refractivity contribution is 7.92. The van der Waals surface area contributed by atoms with Crippen LogP contribution in [0.5, 0.6) is 5.75 Å². The van der Waals surface area contributed by atoms with Gasteiger partial charge in [-0.3, -0.25) is 13.9 Å². The Bertz CT molecular complexity index is 1770. The Kier molecular flexibility index (Phi) is 11.8. The molecular formula is C38H42FN3O5S. The summed E-state index contributed by atoms with van der Waals surface area (Å²) in [6.07, 6.45) is 4.92. The van der Waals surface area contributed by atoms with Gasteiger partial charge in [0.15, 0.2) is 0 Å². The number of hydrogen-bond donors (Lipinski definition) is 1. The summed E-state index contributed by atoms with van der Waals surface area (Å²) in [6, 6.07) is 28.8. The Morgan fingerprint density at radius 2 is 1.48 bits per heavy atom. The highest BCUT2D eigenvalue weighted by Gasteiger charge is 2.36. The van der Waals surface area contributed by atoms with Crippen molar-refractivity contribution in [3.8, 4) is 5.75 Å². The van der Waals surface area contributed by atoms with Crippen LogP contribution in [0.4, 0.5) is 10.1 Å². The number of carbonyl (C=O) groups excluding carboxylic acids is 2. The number of nitrogens with zero attached hydrogens (tertiary/aromatic N) is 2. The number of benzene rings is 4. The van der Waals surface area contributed by atoms with Gasteiger partial charge in [0.25, 0.3) is 10.0 Å². The van der Waals surface area contributed by atoms with Crippen LogP contribution in [0.1, 0.15) is 50.2 Å². The number of carbonyl (C=O) groups is 2. The summed E-state index contributed by atoms with van der Waals surface area (Å²) in [5.74, 6) is -1.27. The molecule has 1 saturated carbocycles. The maximum atomic E-state index is 15.2. The molecule has 0 bridgehead atoms. The van der Waals surface area contributed by atoms with Crippen LogP contribution in [-0.2, 0) is 32.6 Å². The Morgan fingerprint density at radius 1 is 0.854 bits per heavy atom.